The van der Waals surface area contributed by atoms with Crippen molar-refractivity contribution in [3.8, 4) is 10.6 Å². The summed E-state index contributed by atoms with van der Waals surface area (Å²) in [7, 11) is 1.78. The highest BCUT2D eigenvalue weighted by molar-refractivity contribution is 9.11. The zero-order valence-electron chi connectivity index (χ0n) is 8.32. The molecule has 0 aliphatic rings. The van der Waals surface area contributed by atoms with Crippen LogP contribution >= 0.6 is 27.3 Å². The molecule has 0 saturated heterocycles. The number of Topliss-reactive ketones (excluding diaryl/α,β-unsaturated/α-hetero) is 1. The van der Waals surface area contributed by atoms with E-state index in [2.05, 4.69) is 21.0 Å². The van der Waals surface area contributed by atoms with Gasteiger partial charge in [0, 0.05) is 14.0 Å². The highest BCUT2D eigenvalue weighted by Crippen LogP contribution is 2.30. The zero-order chi connectivity index (χ0) is 11.0. The number of halogens is 1. The lowest BCUT2D eigenvalue weighted by atomic mass is 10.2. The molecule has 0 unspecified atom stereocenters. The zero-order valence-corrected chi connectivity index (χ0v) is 10.7. The van der Waals surface area contributed by atoms with Crippen molar-refractivity contribution in [3.05, 3.63) is 27.7 Å². The van der Waals surface area contributed by atoms with E-state index in [0.29, 0.717) is 5.69 Å². The molecule has 2 heterocycles. The molecule has 0 radical (unpaired) electrons. The maximum absolute atomic E-state index is 11.2. The number of carbonyl (C=O) groups excluding carboxylic acids is 1. The Balaban J connectivity index is 2.46. The molecule has 15 heavy (non-hydrogen) atoms. The van der Waals surface area contributed by atoms with E-state index in [1.807, 2.05) is 18.2 Å². The van der Waals surface area contributed by atoms with E-state index < -0.39 is 0 Å². The molecule has 0 amide bonds. The lowest BCUT2D eigenvalue weighted by Crippen LogP contribution is -2.02. The van der Waals surface area contributed by atoms with Crippen LogP contribution in [0.5, 0.6) is 0 Å². The fourth-order valence-electron chi connectivity index (χ4n) is 1.37. The minimum Gasteiger partial charge on any atom is -0.293 e. The fraction of sp³-hybridized carbons (Fsp3) is 0.200. The fourth-order valence-corrected chi connectivity index (χ4v) is 2.71. The molecule has 0 saturated carbocycles. The largest absolute Gasteiger partial charge is 0.293 e. The number of hydrogen-bond donors (Lipinski definition) is 0. The Morgan fingerprint density at radius 2 is 2.27 bits per heavy atom. The number of carbonyl (C=O) groups is 1. The molecule has 0 aromatic carbocycles. The van der Waals surface area contributed by atoms with Gasteiger partial charge in [-0.15, -0.1) is 11.3 Å². The first kappa shape index (κ1) is 10.6. The molecule has 5 heteroatoms. The number of rotatable bonds is 2. The molecule has 2 aromatic heterocycles. The van der Waals surface area contributed by atoms with Crippen LogP contribution in [0.25, 0.3) is 10.6 Å². The average molecular weight is 285 g/mol. The molecule has 2 aromatic rings. The van der Waals surface area contributed by atoms with Gasteiger partial charge in [-0.25, -0.2) is 0 Å². The molecule has 78 valence electrons. The quantitative estimate of drug-likeness (QED) is 0.795. The summed E-state index contributed by atoms with van der Waals surface area (Å²) in [6.07, 6.45) is 0. The van der Waals surface area contributed by atoms with Crippen LogP contribution in [0.15, 0.2) is 22.0 Å². The number of aryl methyl sites for hydroxylation is 1. The third-order valence-electron chi connectivity index (χ3n) is 2.07. The summed E-state index contributed by atoms with van der Waals surface area (Å²) in [5.74, 6) is 0.0341. The minimum atomic E-state index is 0.0341. The number of nitrogens with zero attached hydrogens (tertiary/aromatic N) is 2. The Bertz CT molecular complexity index is 515. The summed E-state index contributed by atoms with van der Waals surface area (Å²) in [6, 6.07) is 5.78. The number of hydrogen-bond acceptors (Lipinski definition) is 3. The summed E-state index contributed by atoms with van der Waals surface area (Å²) < 4.78 is 2.68. The summed E-state index contributed by atoms with van der Waals surface area (Å²) in [5, 5.41) is 4.30. The van der Waals surface area contributed by atoms with Crippen molar-refractivity contribution >= 4 is 33.0 Å². The van der Waals surface area contributed by atoms with Gasteiger partial charge in [-0.2, -0.15) is 5.10 Å². The van der Waals surface area contributed by atoms with Gasteiger partial charge in [0.15, 0.2) is 5.78 Å². The second-order valence-electron chi connectivity index (χ2n) is 3.20. The molecule has 0 fully saturated rings. The first-order valence-electron chi connectivity index (χ1n) is 4.38. The highest BCUT2D eigenvalue weighted by Gasteiger charge is 2.11. The molecular formula is C10H9BrN2OS. The summed E-state index contributed by atoms with van der Waals surface area (Å²) >= 11 is 5.00. The Hall–Kier alpha value is -0.940. The molecule has 3 nitrogen and oxygen atoms in total. The van der Waals surface area contributed by atoms with Gasteiger partial charge in [-0.3, -0.25) is 9.48 Å². The minimum absolute atomic E-state index is 0.0341. The second kappa shape index (κ2) is 3.90. The van der Waals surface area contributed by atoms with Crippen molar-refractivity contribution < 1.29 is 4.79 Å². The van der Waals surface area contributed by atoms with Gasteiger partial charge in [0.05, 0.1) is 8.66 Å². The van der Waals surface area contributed by atoms with E-state index in [1.54, 1.807) is 30.0 Å². The third-order valence-corrected chi connectivity index (χ3v) is 3.71. The van der Waals surface area contributed by atoms with Crippen molar-refractivity contribution in [3.63, 3.8) is 0 Å². The number of thiophene rings is 1. The Kier molecular flexibility index (Phi) is 2.75. The Morgan fingerprint density at radius 3 is 2.73 bits per heavy atom. The standard InChI is InChI=1S/C10H9BrN2OS/c1-6(14)8-5-7(12-13(8)2)9-3-4-10(11)15-9/h3-5H,1-2H3. The van der Waals surface area contributed by atoms with E-state index in [1.165, 1.54) is 0 Å². The summed E-state index contributed by atoms with van der Waals surface area (Å²) in [6.45, 7) is 1.55. The normalized spacial score (nSPS) is 10.6. The van der Waals surface area contributed by atoms with Gasteiger partial charge in [-0.05, 0) is 34.1 Å². The van der Waals surface area contributed by atoms with E-state index >= 15 is 0 Å². The average Bonchev–Trinajstić information content (AvgIpc) is 2.71. The van der Waals surface area contributed by atoms with E-state index in [4.69, 9.17) is 0 Å². The van der Waals surface area contributed by atoms with E-state index in [9.17, 15) is 4.79 Å². The SMILES string of the molecule is CC(=O)c1cc(-c2ccc(Br)s2)nn1C. The van der Waals surface area contributed by atoms with E-state index in [-0.39, 0.29) is 5.78 Å². The highest BCUT2D eigenvalue weighted by atomic mass is 79.9. The van der Waals surface area contributed by atoms with Crippen LogP contribution in [-0.2, 0) is 7.05 Å². The molecule has 0 spiro atoms. The van der Waals surface area contributed by atoms with Crippen molar-refractivity contribution in [1.82, 2.24) is 9.78 Å². The molecule has 2 rings (SSSR count). The predicted molar refractivity (Wildman–Crippen MR) is 64.2 cm³/mol. The van der Waals surface area contributed by atoms with Crippen LogP contribution in [-0.4, -0.2) is 15.6 Å². The monoisotopic (exact) mass is 284 g/mol. The smallest absolute Gasteiger partial charge is 0.177 e. The van der Waals surface area contributed by atoms with E-state index in [0.717, 1.165) is 14.4 Å². The molecule has 0 aliphatic heterocycles. The third kappa shape index (κ3) is 2.03. The van der Waals surface area contributed by atoms with Crippen molar-refractivity contribution in [1.29, 1.82) is 0 Å². The van der Waals surface area contributed by atoms with Crippen LogP contribution in [0.1, 0.15) is 17.4 Å². The van der Waals surface area contributed by atoms with Crippen LogP contribution < -0.4 is 0 Å². The van der Waals surface area contributed by atoms with Crippen molar-refractivity contribution in [2.75, 3.05) is 0 Å². The van der Waals surface area contributed by atoms with Gasteiger partial charge < -0.3 is 0 Å². The van der Waals surface area contributed by atoms with Crippen LogP contribution in [0.3, 0.4) is 0 Å². The number of aromatic nitrogens is 2. The van der Waals surface area contributed by atoms with Gasteiger partial charge in [0.25, 0.3) is 0 Å². The van der Waals surface area contributed by atoms with Gasteiger partial charge in [0.1, 0.15) is 11.4 Å². The molecule has 0 N–H and O–H groups in total. The van der Waals surface area contributed by atoms with Crippen molar-refractivity contribution in [2.45, 2.75) is 6.92 Å². The summed E-state index contributed by atoms with van der Waals surface area (Å²) in [4.78, 5) is 12.3. The lowest BCUT2D eigenvalue weighted by Gasteiger charge is -1.92. The lowest BCUT2D eigenvalue weighted by molar-refractivity contribution is 0.100. The first-order chi connectivity index (χ1) is 7.08. The molecule has 0 atom stereocenters. The maximum Gasteiger partial charge on any atom is 0.177 e. The molecular weight excluding hydrogens is 276 g/mol. The predicted octanol–water partition coefficient (Wildman–Crippen LogP) is 3.11. The van der Waals surface area contributed by atoms with Crippen LogP contribution in [0, 0.1) is 0 Å². The van der Waals surface area contributed by atoms with Crippen LogP contribution in [0.4, 0.5) is 0 Å². The maximum atomic E-state index is 11.2. The van der Waals surface area contributed by atoms with Gasteiger partial charge in [-0.1, -0.05) is 0 Å². The summed E-state index contributed by atoms with van der Waals surface area (Å²) in [5.41, 5.74) is 1.48. The van der Waals surface area contributed by atoms with Gasteiger partial charge in [0.2, 0.25) is 0 Å². The topological polar surface area (TPSA) is 34.9 Å². The first-order valence-corrected chi connectivity index (χ1v) is 5.99. The molecule has 0 bridgehead atoms. The van der Waals surface area contributed by atoms with Gasteiger partial charge >= 0.3 is 0 Å². The number of ketones is 1. The second-order valence-corrected chi connectivity index (χ2v) is 5.66. The molecule has 0 aliphatic carbocycles. The Labute approximate surface area is 99.9 Å². The van der Waals surface area contributed by atoms with Crippen molar-refractivity contribution in [2.24, 2.45) is 7.05 Å². The van der Waals surface area contributed by atoms with Crippen LogP contribution in [0.2, 0.25) is 0 Å². The Morgan fingerprint density at radius 1 is 1.53 bits per heavy atom.